The van der Waals surface area contributed by atoms with Gasteiger partial charge in [0.1, 0.15) is 5.75 Å². The summed E-state index contributed by atoms with van der Waals surface area (Å²) in [5.41, 5.74) is 0.303. The van der Waals surface area contributed by atoms with Crippen LogP contribution in [0.3, 0.4) is 0 Å². The number of hydrogen-bond acceptors (Lipinski definition) is 5. The number of phenolic OH excluding ortho intramolecular Hbond substituents is 1. The summed E-state index contributed by atoms with van der Waals surface area (Å²) in [6, 6.07) is 11.6. The molecule has 0 aromatic heterocycles. The zero-order valence-electron chi connectivity index (χ0n) is 12.2. The quantitative estimate of drug-likeness (QED) is 0.614. The van der Waals surface area contributed by atoms with Crippen molar-refractivity contribution in [1.82, 2.24) is 0 Å². The van der Waals surface area contributed by atoms with Crippen LogP contribution < -0.4 is 5.32 Å². The van der Waals surface area contributed by atoms with Crippen molar-refractivity contribution in [2.75, 3.05) is 11.9 Å². The number of halogens is 2. The minimum Gasteiger partial charge on any atom is -0.508 e. The number of thioether (sulfide) groups is 1. The van der Waals surface area contributed by atoms with Gasteiger partial charge in [-0.25, -0.2) is 4.79 Å². The number of anilines is 1. The maximum absolute atomic E-state index is 12.5. The first-order valence-corrected chi connectivity index (χ1v) is 7.63. The molecular formula is C16H13F2NO4S. The Hall–Kier alpha value is -2.61. The number of benzene rings is 2. The summed E-state index contributed by atoms with van der Waals surface area (Å²) in [6.45, 7) is -0.581. The third-order valence-electron chi connectivity index (χ3n) is 2.79. The van der Waals surface area contributed by atoms with Gasteiger partial charge in [-0.15, -0.1) is 0 Å². The number of phenols is 1. The number of ether oxygens (including phenoxy) is 1. The van der Waals surface area contributed by atoms with E-state index in [1.807, 2.05) is 0 Å². The number of rotatable bonds is 6. The Bertz CT molecular complexity index is 740. The van der Waals surface area contributed by atoms with E-state index in [1.165, 1.54) is 36.4 Å². The average molecular weight is 353 g/mol. The molecule has 0 heterocycles. The lowest BCUT2D eigenvalue weighted by molar-refractivity contribution is -0.119. The Labute approximate surface area is 140 Å². The fraction of sp³-hybridized carbons (Fsp3) is 0.125. The Morgan fingerprint density at radius 3 is 2.62 bits per heavy atom. The SMILES string of the molecule is O=C(COC(=O)c1cccc(O)c1)Nc1ccccc1SC(F)F. The van der Waals surface area contributed by atoms with Crippen molar-refractivity contribution < 1.29 is 28.2 Å². The van der Waals surface area contributed by atoms with Gasteiger partial charge in [0.05, 0.1) is 11.3 Å². The minimum absolute atomic E-state index is 0.0939. The van der Waals surface area contributed by atoms with Crippen LogP contribution in [0.5, 0.6) is 5.75 Å². The molecule has 0 aliphatic carbocycles. The molecule has 0 aliphatic heterocycles. The van der Waals surface area contributed by atoms with Gasteiger partial charge in [-0.05, 0) is 30.3 Å². The zero-order chi connectivity index (χ0) is 17.5. The van der Waals surface area contributed by atoms with Crippen molar-refractivity contribution in [3.63, 3.8) is 0 Å². The molecule has 0 bridgehead atoms. The third-order valence-corrected chi connectivity index (χ3v) is 3.58. The Balaban J connectivity index is 1.93. The van der Waals surface area contributed by atoms with Crippen molar-refractivity contribution in [2.45, 2.75) is 10.7 Å². The van der Waals surface area contributed by atoms with E-state index in [4.69, 9.17) is 4.74 Å². The molecule has 126 valence electrons. The highest BCUT2D eigenvalue weighted by Gasteiger charge is 2.14. The van der Waals surface area contributed by atoms with Crippen LogP contribution in [0.2, 0.25) is 0 Å². The van der Waals surface area contributed by atoms with Gasteiger partial charge in [0.25, 0.3) is 11.7 Å². The molecule has 24 heavy (non-hydrogen) atoms. The van der Waals surface area contributed by atoms with Gasteiger partial charge in [0.2, 0.25) is 0 Å². The summed E-state index contributed by atoms with van der Waals surface area (Å²) in [4.78, 5) is 23.8. The smallest absolute Gasteiger partial charge is 0.338 e. The minimum atomic E-state index is -2.62. The fourth-order valence-electron chi connectivity index (χ4n) is 1.80. The normalized spacial score (nSPS) is 10.5. The standard InChI is InChI=1S/C16H13F2NO4S/c17-16(18)24-13-7-2-1-6-12(13)19-14(21)9-23-15(22)10-4-3-5-11(20)8-10/h1-8,16,20H,9H2,(H,19,21). The number of amides is 1. The molecule has 2 N–H and O–H groups in total. The lowest BCUT2D eigenvalue weighted by Crippen LogP contribution is -2.21. The van der Waals surface area contributed by atoms with E-state index in [9.17, 15) is 23.5 Å². The summed E-state index contributed by atoms with van der Waals surface area (Å²) in [7, 11) is 0. The van der Waals surface area contributed by atoms with Crippen molar-refractivity contribution in [1.29, 1.82) is 0 Å². The van der Waals surface area contributed by atoms with Gasteiger partial charge in [0.15, 0.2) is 6.61 Å². The second-order valence-electron chi connectivity index (χ2n) is 4.55. The van der Waals surface area contributed by atoms with Crippen LogP contribution in [0.25, 0.3) is 0 Å². The first-order valence-electron chi connectivity index (χ1n) is 6.75. The van der Waals surface area contributed by atoms with E-state index in [-0.39, 0.29) is 21.9 Å². The van der Waals surface area contributed by atoms with Crippen LogP contribution in [0.1, 0.15) is 10.4 Å². The Morgan fingerprint density at radius 1 is 1.17 bits per heavy atom. The molecule has 0 unspecified atom stereocenters. The van der Waals surface area contributed by atoms with Crippen LogP contribution >= 0.6 is 11.8 Å². The molecular weight excluding hydrogens is 340 g/mol. The van der Waals surface area contributed by atoms with Crippen molar-refractivity contribution in [2.24, 2.45) is 0 Å². The molecule has 0 aliphatic rings. The molecule has 5 nitrogen and oxygen atoms in total. The monoisotopic (exact) mass is 353 g/mol. The van der Waals surface area contributed by atoms with E-state index >= 15 is 0 Å². The summed E-state index contributed by atoms with van der Waals surface area (Å²) >= 11 is 0.306. The molecule has 2 rings (SSSR count). The van der Waals surface area contributed by atoms with Gasteiger partial charge in [-0.1, -0.05) is 30.0 Å². The molecule has 0 saturated carbocycles. The highest BCUT2D eigenvalue weighted by molar-refractivity contribution is 7.99. The predicted molar refractivity (Wildman–Crippen MR) is 85.3 cm³/mol. The average Bonchev–Trinajstić information content (AvgIpc) is 2.54. The predicted octanol–water partition coefficient (Wildman–Crippen LogP) is 3.50. The Kier molecular flexibility index (Phi) is 6.14. The second kappa shape index (κ2) is 8.30. The van der Waals surface area contributed by atoms with E-state index in [0.717, 1.165) is 0 Å². The van der Waals surface area contributed by atoms with Gasteiger partial charge in [-0.3, -0.25) is 4.79 Å². The molecule has 0 radical (unpaired) electrons. The first-order chi connectivity index (χ1) is 11.5. The number of hydrogen-bond donors (Lipinski definition) is 2. The number of alkyl halides is 2. The molecule has 0 atom stereocenters. The molecule has 0 fully saturated rings. The van der Waals surface area contributed by atoms with Crippen LogP contribution in [-0.4, -0.2) is 29.3 Å². The number of carbonyl (C=O) groups excluding carboxylic acids is 2. The van der Waals surface area contributed by atoms with Gasteiger partial charge >= 0.3 is 5.97 Å². The van der Waals surface area contributed by atoms with Crippen molar-refractivity contribution in [3.05, 3.63) is 54.1 Å². The highest BCUT2D eigenvalue weighted by atomic mass is 32.2. The summed E-state index contributed by atoms with van der Waals surface area (Å²) < 4.78 is 29.8. The van der Waals surface area contributed by atoms with Crippen LogP contribution in [-0.2, 0) is 9.53 Å². The summed E-state index contributed by atoms with van der Waals surface area (Å²) in [5, 5.41) is 11.7. The number of carbonyl (C=O) groups is 2. The van der Waals surface area contributed by atoms with Gasteiger partial charge in [0, 0.05) is 4.90 Å². The summed E-state index contributed by atoms with van der Waals surface area (Å²) in [5.74, 6) is -4.17. The van der Waals surface area contributed by atoms with E-state index < -0.39 is 24.2 Å². The largest absolute Gasteiger partial charge is 0.508 e. The Morgan fingerprint density at radius 2 is 1.92 bits per heavy atom. The number of esters is 1. The summed E-state index contributed by atoms with van der Waals surface area (Å²) in [6.07, 6.45) is 0. The van der Waals surface area contributed by atoms with Crippen LogP contribution in [0.15, 0.2) is 53.4 Å². The number of nitrogens with one attached hydrogen (secondary N) is 1. The number of para-hydroxylation sites is 1. The molecule has 8 heteroatoms. The number of aromatic hydroxyl groups is 1. The second-order valence-corrected chi connectivity index (χ2v) is 5.58. The maximum atomic E-state index is 12.5. The maximum Gasteiger partial charge on any atom is 0.338 e. The van der Waals surface area contributed by atoms with Crippen LogP contribution in [0, 0.1) is 0 Å². The third kappa shape index (κ3) is 5.24. The van der Waals surface area contributed by atoms with Gasteiger partial charge < -0.3 is 15.2 Å². The molecule has 2 aromatic carbocycles. The fourth-order valence-corrected chi connectivity index (χ4v) is 2.40. The van der Waals surface area contributed by atoms with Crippen molar-refractivity contribution in [3.8, 4) is 5.75 Å². The van der Waals surface area contributed by atoms with Gasteiger partial charge in [-0.2, -0.15) is 8.78 Å². The molecule has 0 spiro atoms. The molecule has 0 saturated heterocycles. The van der Waals surface area contributed by atoms with Crippen molar-refractivity contribution >= 4 is 29.3 Å². The lowest BCUT2D eigenvalue weighted by Gasteiger charge is -2.10. The van der Waals surface area contributed by atoms with E-state index in [1.54, 1.807) is 12.1 Å². The highest BCUT2D eigenvalue weighted by Crippen LogP contribution is 2.31. The first kappa shape index (κ1) is 17.7. The van der Waals surface area contributed by atoms with E-state index in [0.29, 0.717) is 11.8 Å². The molecule has 1 amide bonds. The zero-order valence-corrected chi connectivity index (χ0v) is 13.1. The topological polar surface area (TPSA) is 75.6 Å². The lowest BCUT2D eigenvalue weighted by atomic mass is 10.2. The van der Waals surface area contributed by atoms with Crippen LogP contribution in [0.4, 0.5) is 14.5 Å². The molecule has 2 aromatic rings. The van der Waals surface area contributed by atoms with E-state index in [2.05, 4.69) is 5.32 Å².